The Morgan fingerprint density at radius 3 is 3.11 bits per heavy atom. The number of benzene rings is 1. The first-order chi connectivity index (χ1) is 9.13. The Hall–Kier alpha value is -1.75. The van der Waals surface area contributed by atoms with Gasteiger partial charge in [-0.05, 0) is 31.0 Å². The smallest absolute Gasteiger partial charge is 0.189 e. The quantitative estimate of drug-likeness (QED) is 0.664. The van der Waals surface area contributed by atoms with Crippen LogP contribution in [0.25, 0.3) is 11.0 Å². The van der Waals surface area contributed by atoms with Crippen LogP contribution >= 0.6 is 11.6 Å². The van der Waals surface area contributed by atoms with Gasteiger partial charge in [-0.15, -0.1) is 0 Å². The first kappa shape index (κ1) is 12.3. The van der Waals surface area contributed by atoms with E-state index < -0.39 is 0 Å². The number of hydrogen-bond donors (Lipinski definition) is 2. The molecule has 1 aromatic carbocycles. The Labute approximate surface area is 116 Å². The number of guanidine groups is 1. The molecule has 100 valence electrons. The molecule has 1 fully saturated rings. The fraction of sp³-hybridized carbons (Fsp3) is 0.385. The lowest BCUT2D eigenvalue weighted by molar-refractivity contribution is 0.800. The molecule has 0 aliphatic heterocycles. The molecule has 0 amide bonds. The third-order valence-electron chi connectivity index (χ3n) is 3.26. The molecule has 5 nitrogen and oxygen atoms in total. The summed E-state index contributed by atoms with van der Waals surface area (Å²) in [6, 6.07) is 6.20. The Bertz CT molecular complexity index is 642. The molecular weight excluding hydrogens is 262 g/mol. The zero-order chi connectivity index (χ0) is 13.4. The molecule has 1 heterocycles. The van der Waals surface area contributed by atoms with Crippen molar-refractivity contribution >= 4 is 28.6 Å². The standard InChI is InChI=1S/C13H16ClN5/c1-19-11-5-2-8(14)6-10(11)18-12(19)7-16-13(15)17-9-3-4-9/h2,5-6,9H,3-4,7H2,1H3,(H3,15,16,17). The van der Waals surface area contributed by atoms with Crippen molar-refractivity contribution in [2.24, 2.45) is 17.8 Å². The SMILES string of the molecule is Cn1c(CN=C(N)NC2CC2)nc2cc(Cl)ccc21. The molecule has 3 rings (SSSR count). The fourth-order valence-electron chi connectivity index (χ4n) is 2.00. The second-order valence-electron chi connectivity index (χ2n) is 4.84. The number of nitrogens with two attached hydrogens (primary N) is 1. The molecule has 1 aliphatic rings. The maximum absolute atomic E-state index is 5.97. The van der Waals surface area contributed by atoms with Crippen LogP contribution in [0, 0.1) is 0 Å². The van der Waals surface area contributed by atoms with E-state index in [9.17, 15) is 0 Å². The van der Waals surface area contributed by atoms with Gasteiger partial charge in [-0.3, -0.25) is 0 Å². The summed E-state index contributed by atoms with van der Waals surface area (Å²) in [7, 11) is 1.97. The van der Waals surface area contributed by atoms with Crippen LogP contribution < -0.4 is 11.1 Å². The van der Waals surface area contributed by atoms with Crippen molar-refractivity contribution in [2.75, 3.05) is 0 Å². The van der Waals surface area contributed by atoms with Gasteiger partial charge < -0.3 is 15.6 Å². The van der Waals surface area contributed by atoms with Crippen LogP contribution in [0.5, 0.6) is 0 Å². The van der Waals surface area contributed by atoms with Crippen LogP contribution in [-0.4, -0.2) is 21.6 Å². The molecule has 1 saturated carbocycles. The number of aryl methyl sites for hydroxylation is 1. The summed E-state index contributed by atoms with van der Waals surface area (Å²) in [6.45, 7) is 0.467. The minimum absolute atomic E-state index is 0.467. The zero-order valence-corrected chi connectivity index (χ0v) is 11.5. The first-order valence-electron chi connectivity index (χ1n) is 6.31. The molecule has 19 heavy (non-hydrogen) atoms. The molecule has 1 aliphatic carbocycles. The summed E-state index contributed by atoms with van der Waals surface area (Å²) < 4.78 is 2.01. The highest BCUT2D eigenvalue weighted by Crippen LogP contribution is 2.20. The van der Waals surface area contributed by atoms with Gasteiger partial charge in [0, 0.05) is 18.1 Å². The maximum atomic E-state index is 5.97. The largest absolute Gasteiger partial charge is 0.370 e. The Kier molecular flexibility index (Phi) is 3.06. The fourth-order valence-corrected chi connectivity index (χ4v) is 2.17. The van der Waals surface area contributed by atoms with Gasteiger partial charge in [-0.2, -0.15) is 0 Å². The molecule has 0 saturated heterocycles. The van der Waals surface area contributed by atoms with Gasteiger partial charge in [-0.1, -0.05) is 11.6 Å². The molecule has 0 atom stereocenters. The summed E-state index contributed by atoms with van der Waals surface area (Å²) in [6.07, 6.45) is 2.36. The first-order valence-corrected chi connectivity index (χ1v) is 6.68. The van der Waals surface area contributed by atoms with Crippen LogP contribution in [0.1, 0.15) is 18.7 Å². The van der Waals surface area contributed by atoms with E-state index in [4.69, 9.17) is 17.3 Å². The van der Waals surface area contributed by atoms with E-state index in [1.54, 1.807) is 0 Å². The molecule has 0 bridgehead atoms. The number of aromatic nitrogens is 2. The highest BCUT2D eigenvalue weighted by Gasteiger charge is 2.21. The third-order valence-corrected chi connectivity index (χ3v) is 3.49. The van der Waals surface area contributed by atoms with Crippen LogP contribution in [0.3, 0.4) is 0 Å². The predicted molar refractivity (Wildman–Crippen MR) is 77.2 cm³/mol. The lowest BCUT2D eigenvalue weighted by Crippen LogP contribution is -2.33. The summed E-state index contributed by atoms with van der Waals surface area (Å²) in [5, 5.41) is 3.85. The topological polar surface area (TPSA) is 68.2 Å². The van der Waals surface area contributed by atoms with Crippen LogP contribution in [0.4, 0.5) is 0 Å². The number of hydrogen-bond acceptors (Lipinski definition) is 2. The van der Waals surface area contributed by atoms with Gasteiger partial charge in [-0.25, -0.2) is 9.98 Å². The molecule has 0 radical (unpaired) electrons. The number of imidazole rings is 1. The van der Waals surface area contributed by atoms with Crippen molar-refractivity contribution in [1.29, 1.82) is 0 Å². The lowest BCUT2D eigenvalue weighted by atomic mass is 10.3. The molecule has 2 aromatic rings. The Morgan fingerprint density at radius 1 is 1.58 bits per heavy atom. The van der Waals surface area contributed by atoms with E-state index in [1.807, 2.05) is 29.8 Å². The second kappa shape index (κ2) is 4.74. The van der Waals surface area contributed by atoms with Crippen molar-refractivity contribution < 1.29 is 0 Å². The van der Waals surface area contributed by atoms with Crippen molar-refractivity contribution in [3.63, 3.8) is 0 Å². The average Bonchev–Trinajstić information content (AvgIpc) is 3.12. The summed E-state index contributed by atoms with van der Waals surface area (Å²) >= 11 is 5.97. The van der Waals surface area contributed by atoms with Crippen molar-refractivity contribution in [3.8, 4) is 0 Å². The maximum Gasteiger partial charge on any atom is 0.189 e. The summed E-state index contributed by atoms with van der Waals surface area (Å²) in [5.41, 5.74) is 7.74. The van der Waals surface area contributed by atoms with Gasteiger partial charge in [0.15, 0.2) is 5.96 Å². The monoisotopic (exact) mass is 277 g/mol. The predicted octanol–water partition coefficient (Wildman–Crippen LogP) is 1.79. The average molecular weight is 278 g/mol. The minimum Gasteiger partial charge on any atom is -0.370 e. The second-order valence-corrected chi connectivity index (χ2v) is 5.28. The van der Waals surface area contributed by atoms with E-state index in [1.165, 1.54) is 12.8 Å². The van der Waals surface area contributed by atoms with Crippen LogP contribution in [0.2, 0.25) is 5.02 Å². The normalized spacial score (nSPS) is 16.0. The number of rotatable bonds is 3. The van der Waals surface area contributed by atoms with E-state index in [2.05, 4.69) is 15.3 Å². The molecule has 0 unspecified atom stereocenters. The lowest BCUT2D eigenvalue weighted by Gasteiger charge is -2.03. The van der Waals surface area contributed by atoms with Crippen molar-refractivity contribution in [3.05, 3.63) is 29.0 Å². The van der Waals surface area contributed by atoms with E-state index in [-0.39, 0.29) is 0 Å². The van der Waals surface area contributed by atoms with Crippen LogP contribution in [-0.2, 0) is 13.6 Å². The number of fused-ring (bicyclic) bond motifs is 1. The highest BCUT2D eigenvalue weighted by atomic mass is 35.5. The van der Waals surface area contributed by atoms with Gasteiger partial charge >= 0.3 is 0 Å². The van der Waals surface area contributed by atoms with E-state index in [0.717, 1.165) is 16.9 Å². The number of nitrogens with one attached hydrogen (secondary N) is 1. The Morgan fingerprint density at radius 2 is 2.37 bits per heavy atom. The van der Waals surface area contributed by atoms with E-state index >= 15 is 0 Å². The molecular formula is C13H16ClN5. The molecule has 0 spiro atoms. The van der Waals surface area contributed by atoms with Crippen molar-refractivity contribution in [1.82, 2.24) is 14.9 Å². The van der Waals surface area contributed by atoms with E-state index in [0.29, 0.717) is 23.6 Å². The molecule has 1 aromatic heterocycles. The molecule has 6 heteroatoms. The molecule has 3 N–H and O–H groups in total. The van der Waals surface area contributed by atoms with Gasteiger partial charge in [0.1, 0.15) is 12.4 Å². The minimum atomic E-state index is 0.467. The summed E-state index contributed by atoms with van der Waals surface area (Å²) in [5.74, 6) is 1.37. The summed E-state index contributed by atoms with van der Waals surface area (Å²) in [4.78, 5) is 8.85. The van der Waals surface area contributed by atoms with Crippen molar-refractivity contribution in [2.45, 2.75) is 25.4 Å². The van der Waals surface area contributed by atoms with Gasteiger partial charge in [0.05, 0.1) is 11.0 Å². The third kappa shape index (κ3) is 2.66. The van der Waals surface area contributed by atoms with Crippen LogP contribution in [0.15, 0.2) is 23.2 Å². The highest BCUT2D eigenvalue weighted by molar-refractivity contribution is 6.31. The number of aliphatic imine (C=N–C) groups is 1. The Balaban J connectivity index is 1.82. The number of nitrogens with zero attached hydrogens (tertiary/aromatic N) is 3. The van der Waals surface area contributed by atoms with Gasteiger partial charge in [0.2, 0.25) is 0 Å². The number of halogens is 1. The van der Waals surface area contributed by atoms with Gasteiger partial charge in [0.25, 0.3) is 0 Å². The zero-order valence-electron chi connectivity index (χ0n) is 10.7.